The highest BCUT2D eigenvalue weighted by molar-refractivity contribution is 7.90. The molecular formula is C19H19ClN4O4S. The van der Waals surface area contributed by atoms with Crippen LogP contribution in [0.4, 0.5) is 6.01 Å². The van der Waals surface area contributed by atoms with E-state index in [1.54, 1.807) is 18.2 Å². The first kappa shape index (κ1) is 19.7. The Kier molecular flexibility index (Phi) is 5.18. The van der Waals surface area contributed by atoms with Crippen LogP contribution in [0.1, 0.15) is 23.2 Å². The molecule has 0 aliphatic carbocycles. The van der Waals surface area contributed by atoms with Gasteiger partial charge in [0.2, 0.25) is 0 Å². The van der Waals surface area contributed by atoms with Crippen molar-refractivity contribution in [3.63, 3.8) is 0 Å². The van der Waals surface area contributed by atoms with Crippen LogP contribution in [-0.2, 0) is 9.84 Å². The lowest BCUT2D eigenvalue weighted by Crippen LogP contribution is -2.44. The number of nitrogens with zero attached hydrogens (tertiary/aromatic N) is 3. The van der Waals surface area contributed by atoms with E-state index in [2.05, 4.69) is 15.3 Å². The number of piperidine rings is 1. The van der Waals surface area contributed by atoms with Crippen molar-refractivity contribution in [1.82, 2.24) is 15.3 Å². The summed E-state index contributed by atoms with van der Waals surface area (Å²) in [4.78, 5) is 22.8. The average Bonchev–Trinajstić information content (AvgIpc) is 3.11. The van der Waals surface area contributed by atoms with E-state index in [0.717, 1.165) is 19.1 Å². The maximum Gasteiger partial charge on any atom is 0.298 e. The van der Waals surface area contributed by atoms with Crippen LogP contribution in [0.15, 0.2) is 46.0 Å². The minimum atomic E-state index is -3.47. The molecule has 3 heterocycles. The number of anilines is 1. The van der Waals surface area contributed by atoms with E-state index >= 15 is 0 Å². The van der Waals surface area contributed by atoms with Crippen LogP contribution in [0.5, 0.6) is 0 Å². The number of hydrogen-bond acceptors (Lipinski definition) is 7. The third kappa shape index (κ3) is 4.35. The molecule has 1 fully saturated rings. The SMILES string of the molecule is CS(=O)(=O)c1cc(C(=O)NC2CCN(c3nc4cc(Cl)ccc4o3)CC2)ccn1. The van der Waals surface area contributed by atoms with E-state index in [0.29, 0.717) is 35.2 Å². The molecule has 0 spiro atoms. The summed E-state index contributed by atoms with van der Waals surface area (Å²) in [5, 5.41) is 3.45. The number of pyridine rings is 1. The van der Waals surface area contributed by atoms with Gasteiger partial charge in [-0.25, -0.2) is 13.4 Å². The van der Waals surface area contributed by atoms with Crippen LogP contribution >= 0.6 is 11.6 Å². The van der Waals surface area contributed by atoms with Crippen molar-refractivity contribution < 1.29 is 17.6 Å². The summed E-state index contributed by atoms with van der Waals surface area (Å²) in [6.07, 6.45) is 3.82. The maximum absolute atomic E-state index is 12.5. The zero-order chi connectivity index (χ0) is 20.6. The highest BCUT2D eigenvalue weighted by atomic mass is 35.5. The summed E-state index contributed by atoms with van der Waals surface area (Å²) < 4.78 is 29.1. The van der Waals surface area contributed by atoms with E-state index in [1.165, 1.54) is 18.3 Å². The van der Waals surface area contributed by atoms with Gasteiger partial charge in [0.25, 0.3) is 11.9 Å². The molecule has 1 saturated heterocycles. The molecule has 152 valence electrons. The minimum absolute atomic E-state index is 0.0209. The van der Waals surface area contributed by atoms with Gasteiger partial charge in [-0.05, 0) is 43.2 Å². The van der Waals surface area contributed by atoms with Gasteiger partial charge in [-0.15, -0.1) is 0 Å². The highest BCUT2D eigenvalue weighted by Crippen LogP contribution is 2.26. The lowest BCUT2D eigenvalue weighted by atomic mass is 10.0. The first-order chi connectivity index (χ1) is 13.8. The number of sulfone groups is 1. The number of nitrogens with one attached hydrogen (secondary N) is 1. The fourth-order valence-electron chi connectivity index (χ4n) is 3.26. The first-order valence-corrected chi connectivity index (χ1v) is 11.3. The van der Waals surface area contributed by atoms with Crippen molar-refractivity contribution in [1.29, 1.82) is 0 Å². The number of benzene rings is 1. The van der Waals surface area contributed by atoms with Crippen molar-refractivity contribution in [3.05, 3.63) is 47.1 Å². The molecule has 0 atom stereocenters. The van der Waals surface area contributed by atoms with Crippen molar-refractivity contribution >= 4 is 44.5 Å². The summed E-state index contributed by atoms with van der Waals surface area (Å²) in [5.41, 5.74) is 1.67. The number of carbonyl (C=O) groups excluding carboxylic acids is 1. The number of amides is 1. The molecule has 1 N–H and O–H groups in total. The number of rotatable bonds is 4. The Morgan fingerprint density at radius 2 is 2.00 bits per heavy atom. The molecule has 0 bridgehead atoms. The first-order valence-electron chi connectivity index (χ1n) is 9.07. The third-order valence-corrected chi connectivity index (χ3v) is 6.03. The summed E-state index contributed by atoms with van der Waals surface area (Å²) >= 11 is 5.99. The number of halogens is 1. The molecule has 1 aliphatic heterocycles. The molecule has 1 aromatic carbocycles. The number of carbonyl (C=O) groups is 1. The summed E-state index contributed by atoms with van der Waals surface area (Å²) in [7, 11) is -3.47. The van der Waals surface area contributed by atoms with Crippen molar-refractivity contribution in [2.24, 2.45) is 0 Å². The van der Waals surface area contributed by atoms with Crippen molar-refractivity contribution in [2.75, 3.05) is 24.2 Å². The third-order valence-electron chi connectivity index (χ3n) is 4.82. The lowest BCUT2D eigenvalue weighted by molar-refractivity contribution is 0.0930. The Labute approximate surface area is 172 Å². The molecular weight excluding hydrogens is 416 g/mol. The van der Waals surface area contributed by atoms with Gasteiger partial charge in [0.15, 0.2) is 20.4 Å². The van der Waals surface area contributed by atoms with Crippen molar-refractivity contribution in [3.8, 4) is 0 Å². The second-order valence-corrected chi connectivity index (χ2v) is 9.40. The van der Waals surface area contributed by atoms with Crippen molar-refractivity contribution in [2.45, 2.75) is 23.9 Å². The molecule has 29 heavy (non-hydrogen) atoms. The van der Waals surface area contributed by atoms with Crippen LogP contribution in [0.2, 0.25) is 5.02 Å². The normalized spacial score (nSPS) is 15.6. The standard InChI is InChI=1S/C19H19ClN4O4S/c1-29(26,27)17-10-12(4-7-21-17)18(25)22-14-5-8-24(9-6-14)19-23-15-11-13(20)2-3-16(15)28-19/h2-4,7,10-11,14H,5-6,8-9H2,1H3,(H,22,25). The molecule has 2 aromatic heterocycles. The molecule has 1 amide bonds. The summed E-state index contributed by atoms with van der Waals surface area (Å²) in [6, 6.07) is 8.63. The van der Waals surface area contributed by atoms with Gasteiger partial charge in [-0.2, -0.15) is 4.98 Å². The zero-order valence-electron chi connectivity index (χ0n) is 15.6. The second kappa shape index (κ2) is 7.64. The molecule has 3 aromatic rings. The molecule has 0 unspecified atom stereocenters. The molecule has 0 saturated carbocycles. The smallest absolute Gasteiger partial charge is 0.298 e. The van der Waals surface area contributed by atoms with Crippen LogP contribution < -0.4 is 10.2 Å². The Bertz CT molecular complexity index is 1170. The van der Waals surface area contributed by atoms with E-state index in [-0.39, 0.29) is 22.5 Å². The Morgan fingerprint density at radius 1 is 1.24 bits per heavy atom. The molecule has 4 rings (SSSR count). The Balaban J connectivity index is 1.39. The molecule has 8 nitrogen and oxygen atoms in total. The van der Waals surface area contributed by atoms with Gasteiger partial charge < -0.3 is 14.6 Å². The number of aromatic nitrogens is 2. The average molecular weight is 435 g/mol. The monoisotopic (exact) mass is 434 g/mol. The molecule has 0 radical (unpaired) electrons. The summed E-state index contributed by atoms with van der Waals surface area (Å²) in [6.45, 7) is 1.35. The Morgan fingerprint density at radius 3 is 2.72 bits per heavy atom. The maximum atomic E-state index is 12.5. The van der Waals surface area contributed by atoms with Gasteiger partial charge in [-0.3, -0.25) is 4.79 Å². The lowest BCUT2D eigenvalue weighted by Gasteiger charge is -2.31. The summed E-state index contributed by atoms with van der Waals surface area (Å²) in [5.74, 6) is -0.313. The molecule has 10 heteroatoms. The van der Waals surface area contributed by atoms with Gasteiger partial charge in [0, 0.05) is 42.2 Å². The van der Waals surface area contributed by atoms with E-state index in [4.69, 9.17) is 16.0 Å². The predicted octanol–water partition coefficient (Wildman–Crippen LogP) is 2.68. The van der Waals surface area contributed by atoms with Crippen LogP contribution in [0, 0.1) is 0 Å². The van der Waals surface area contributed by atoms with Gasteiger partial charge in [-0.1, -0.05) is 11.6 Å². The fourth-order valence-corrected chi connectivity index (χ4v) is 4.02. The number of fused-ring (bicyclic) bond motifs is 1. The van der Waals surface area contributed by atoms with Gasteiger partial charge >= 0.3 is 0 Å². The minimum Gasteiger partial charge on any atom is -0.423 e. The van der Waals surface area contributed by atoms with Crippen LogP contribution in [0.25, 0.3) is 11.1 Å². The topological polar surface area (TPSA) is 105 Å². The number of oxazole rings is 1. The quantitative estimate of drug-likeness (QED) is 0.672. The van der Waals surface area contributed by atoms with Gasteiger partial charge in [0.1, 0.15) is 5.52 Å². The van der Waals surface area contributed by atoms with E-state index in [9.17, 15) is 13.2 Å². The van der Waals surface area contributed by atoms with Gasteiger partial charge in [0.05, 0.1) is 0 Å². The van der Waals surface area contributed by atoms with E-state index < -0.39 is 9.84 Å². The number of hydrogen-bond donors (Lipinski definition) is 1. The van der Waals surface area contributed by atoms with Crippen LogP contribution in [0.3, 0.4) is 0 Å². The fraction of sp³-hybridized carbons (Fsp3) is 0.316. The second-order valence-electron chi connectivity index (χ2n) is 7.00. The highest BCUT2D eigenvalue weighted by Gasteiger charge is 2.24. The van der Waals surface area contributed by atoms with E-state index in [1.807, 2.05) is 4.90 Å². The molecule has 1 aliphatic rings. The zero-order valence-corrected chi connectivity index (χ0v) is 17.2. The predicted molar refractivity (Wildman–Crippen MR) is 109 cm³/mol. The van der Waals surface area contributed by atoms with Crippen LogP contribution in [-0.4, -0.2) is 49.7 Å². The Hall–Kier alpha value is -2.65. The largest absolute Gasteiger partial charge is 0.423 e.